The van der Waals surface area contributed by atoms with Crippen LogP contribution < -0.4 is 21.9 Å². The Hall–Kier alpha value is -1.82. The molecule has 0 radical (unpaired) electrons. The zero-order valence-corrected chi connectivity index (χ0v) is 13.2. The van der Waals surface area contributed by atoms with Crippen LogP contribution in [0.4, 0.5) is 0 Å². The minimum Gasteiger partial charge on any atom is -0.457 e. The third-order valence-electron chi connectivity index (χ3n) is 2.31. The Morgan fingerprint density at radius 1 is 0.952 bits per heavy atom. The number of thiocarbonyl (C=S) groups is 1. The summed E-state index contributed by atoms with van der Waals surface area (Å²) >= 11 is 4.09. The summed E-state index contributed by atoms with van der Waals surface area (Å²) in [5, 5.41) is 0.000000000000000222. The van der Waals surface area contributed by atoms with Crippen LogP contribution in [0.3, 0.4) is 0 Å². The van der Waals surface area contributed by atoms with Gasteiger partial charge in [-0.15, -0.1) is 12.4 Å². The molecule has 0 fully saturated rings. The second-order valence-electron chi connectivity index (χ2n) is 4.00. The standard InChI is InChI=1S/C14H15NO.CH4N2S.ClH/c15-10-9-12-5-4-8-14(11-12)16-13-6-2-1-3-7-13;2-1(3)4;/h1-8,11H,9-10,15H2;(H4,2,3,4);1H. The molecule has 4 nitrogen and oxygen atoms in total. The number of halogens is 1. The Labute approximate surface area is 136 Å². The van der Waals surface area contributed by atoms with Crippen molar-refractivity contribution in [1.82, 2.24) is 0 Å². The number of nitrogens with two attached hydrogens (primary N) is 3. The van der Waals surface area contributed by atoms with Crippen molar-refractivity contribution in [1.29, 1.82) is 0 Å². The molecule has 6 N–H and O–H groups in total. The fourth-order valence-corrected chi connectivity index (χ4v) is 1.56. The third-order valence-corrected chi connectivity index (χ3v) is 2.31. The fraction of sp³-hybridized carbons (Fsp3) is 0.133. The molecule has 0 aliphatic carbocycles. The van der Waals surface area contributed by atoms with E-state index < -0.39 is 0 Å². The number of benzene rings is 2. The van der Waals surface area contributed by atoms with Crippen molar-refractivity contribution in [3.63, 3.8) is 0 Å². The second-order valence-corrected chi connectivity index (χ2v) is 4.47. The molecule has 0 unspecified atom stereocenters. The summed E-state index contributed by atoms with van der Waals surface area (Å²) in [6, 6.07) is 17.8. The molecule has 0 aliphatic rings. The van der Waals surface area contributed by atoms with Crippen molar-refractivity contribution in [2.75, 3.05) is 6.54 Å². The van der Waals surface area contributed by atoms with Crippen LogP contribution in [0, 0.1) is 0 Å². The predicted molar refractivity (Wildman–Crippen MR) is 93.9 cm³/mol. The first kappa shape index (κ1) is 19.2. The van der Waals surface area contributed by atoms with Crippen LogP contribution in [-0.4, -0.2) is 11.7 Å². The Morgan fingerprint density at radius 2 is 1.52 bits per heavy atom. The molecule has 0 spiro atoms. The van der Waals surface area contributed by atoms with E-state index in [2.05, 4.69) is 29.8 Å². The van der Waals surface area contributed by atoms with Gasteiger partial charge in [0.15, 0.2) is 5.11 Å². The SMILES string of the molecule is Cl.NC(N)=S.NCCc1cccc(Oc2ccccc2)c1. The summed E-state index contributed by atoms with van der Waals surface area (Å²) in [6.45, 7) is 0.661. The highest BCUT2D eigenvalue weighted by molar-refractivity contribution is 7.80. The highest BCUT2D eigenvalue weighted by Crippen LogP contribution is 2.21. The van der Waals surface area contributed by atoms with Crippen LogP contribution >= 0.6 is 24.6 Å². The lowest BCUT2D eigenvalue weighted by Crippen LogP contribution is -2.18. The Balaban J connectivity index is 0.000000715. The maximum Gasteiger partial charge on any atom is 0.160 e. The number of hydrogen-bond acceptors (Lipinski definition) is 3. The van der Waals surface area contributed by atoms with Crippen molar-refractivity contribution < 1.29 is 4.74 Å². The highest BCUT2D eigenvalue weighted by atomic mass is 35.5. The van der Waals surface area contributed by atoms with Gasteiger partial charge in [-0.05, 0) is 55.0 Å². The van der Waals surface area contributed by atoms with Gasteiger partial charge < -0.3 is 21.9 Å². The summed E-state index contributed by atoms with van der Waals surface area (Å²) in [5.74, 6) is 1.71. The highest BCUT2D eigenvalue weighted by Gasteiger charge is 1.97. The molecule has 2 rings (SSSR count). The smallest absolute Gasteiger partial charge is 0.160 e. The molecule has 0 heterocycles. The van der Waals surface area contributed by atoms with Crippen LogP contribution in [0.5, 0.6) is 11.5 Å². The van der Waals surface area contributed by atoms with Crippen LogP contribution in [0.15, 0.2) is 54.6 Å². The van der Waals surface area contributed by atoms with E-state index in [0.29, 0.717) is 6.54 Å². The lowest BCUT2D eigenvalue weighted by molar-refractivity contribution is 0.482. The summed E-state index contributed by atoms with van der Waals surface area (Å²) < 4.78 is 5.72. The summed E-state index contributed by atoms with van der Waals surface area (Å²) in [7, 11) is 0. The topological polar surface area (TPSA) is 87.3 Å². The summed E-state index contributed by atoms with van der Waals surface area (Å²) in [4.78, 5) is 0. The van der Waals surface area contributed by atoms with Crippen molar-refractivity contribution in [2.24, 2.45) is 17.2 Å². The molecule has 2 aromatic rings. The molecule has 0 saturated carbocycles. The Kier molecular flexibility index (Phi) is 9.96. The molecule has 114 valence electrons. The Bertz CT molecular complexity index is 533. The first-order chi connectivity index (χ1) is 9.61. The van der Waals surface area contributed by atoms with E-state index in [1.807, 2.05) is 48.5 Å². The van der Waals surface area contributed by atoms with Crippen LogP contribution in [0.25, 0.3) is 0 Å². The van der Waals surface area contributed by atoms with Gasteiger partial charge in [-0.1, -0.05) is 30.3 Å². The second kappa shape index (κ2) is 10.9. The normalized spacial score (nSPS) is 8.81. The van der Waals surface area contributed by atoms with E-state index in [1.54, 1.807) is 0 Å². The predicted octanol–water partition coefficient (Wildman–Crippen LogP) is 2.59. The van der Waals surface area contributed by atoms with Crippen molar-refractivity contribution >= 4 is 29.7 Å². The monoisotopic (exact) mass is 325 g/mol. The van der Waals surface area contributed by atoms with E-state index >= 15 is 0 Å². The number of ether oxygens (including phenoxy) is 1. The molecule has 0 saturated heterocycles. The van der Waals surface area contributed by atoms with Gasteiger partial charge in [0.1, 0.15) is 11.5 Å². The lowest BCUT2D eigenvalue weighted by Gasteiger charge is -2.06. The minimum absolute atomic E-state index is 0. The van der Waals surface area contributed by atoms with E-state index in [-0.39, 0.29) is 17.5 Å². The average molecular weight is 326 g/mol. The minimum atomic E-state index is 0. The molecule has 0 aromatic heterocycles. The van der Waals surface area contributed by atoms with Gasteiger partial charge in [0.25, 0.3) is 0 Å². The molecule has 0 bridgehead atoms. The van der Waals surface area contributed by atoms with Crippen molar-refractivity contribution in [2.45, 2.75) is 6.42 Å². The first-order valence-corrected chi connectivity index (χ1v) is 6.59. The van der Waals surface area contributed by atoms with Gasteiger partial charge in [0.2, 0.25) is 0 Å². The lowest BCUT2D eigenvalue weighted by atomic mass is 10.1. The molecule has 6 heteroatoms. The quantitative estimate of drug-likeness (QED) is 0.752. The molecule has 0 aliphatic heterocycles. The maximum absolute atomic E-state index is 5.72. The Morgan fingerprint density at radius 3 is 2.10 bits per heavy atom. The summed E-state index contributed by atoms with van der Waals surface area (Å²) in [5.41, 5.74) is 16.0. The van der Waals surface area contributed by atoms with E-state index in [0.717, 1.165) is 17.9 Å². The molecule has 0 amide bonds. The van der Waals surface area contributed by atoms with Crippen molar-refractivity contribution in [3.05, 3.63) is 60.2 Å². The first-order valence-electron chi connectivity index (χ1n) is 6.18. The van der Waals surface area contributed by atoms with Gasteiger partial charge in [-0.3, -0.25) is 0 Å². The summed E-state index contributed by atoms with van der Waals surface area (Å²) in [6.07, 6.45) is 0.881. The van der Waals surface area contributed by atoms with Gasteiger partial charge in [-0.2, -0.15) is 0 Å². The van der Waals surface area contributed by atoms with Crippen LogP contribution in [0.2, 0.25) is 0 Å². The third kappa shape index (κ3) is 8.86. The molecular formula is C15H20ClN3OS. The fourth-order valence-electron chi connectivity index (χ4n) is 1.56. The zero-order valence-electron chi connectivity index (χ0n) is 11.6. The van der Waals surface area contributed by atoms with Crippen molar-refractivity contribution in [3.8, 4) is 11.5 Å². The average Bonchev–Trinajstić information content (AvgIpc) is 2.40. The molecule has 0 atom stereocenters. The van der Waals surface area contributed by atoms with Gasteiger partial charge in [-0.25, -0.2) is 0 Å². The molecular weight excluding hydrogens is 306 g/mol. The molecule has 2 aromatic carbocycles. The largest absolute Gasteiger partial charge is 0.457 e. The number of rotatable bonds is 4. The van der Waals surface area contributed by atoms with E-state index in [4.69, 9.17) is 10.5 Å². The maximum atomic E-state index is 5.72. The van der Waals surface area contributed by atoms with E-state index in [9.17, 15) is 0 Å². The molecule has 21 heavy (non-hydrogen) atoms. The zero-order chi connectivity index (χ0) is 14.8. The van der Waals surface area contributed by atoms with Crippen LogP contribution in [0.1, 0.15) is 5.56 Å². The number of hydrogen-bond donors (Lipinski definition) is 3. The van der Waals surface area contributed by atoms with Gasteiger partial charge in [0.05, 0.1) is 0 Å². The van der Waals surface area contributed by atoms with Gasteiger partial charge in [0, 0.05) is 0 Å². The van der Waals surface area contributed by atoms with Gasteiger partial charge >= 0.3 is 0 Å². The van der Waals surface area contributed by atoms with Crippen LogP contribution in [-0.2, 0) is 6.42 Å². The number of para-hydroxylation sites is 1. The van der Waals surface area contributed by atoms with E-state index in [1.165, 1.54) is 5.56 Å².